The molecule has 0 unspecified atom stereocenters. The van der Waals surface area contributed by atoms with Crippen molar-refractivity contribution in [2.24, 2.45) is 0 Å². The second-order valence-electron chi connectivity index (χ2n) is 3.00. The minimum absolute atomic E-state index is 0.131. The fourth-order valence-electron chi connectivity index (χ4n) is 1.20. The number of aryl methyl sites for hydroxylation is 2. The van der Waals surface area contributed by atoms with Crippen molar-refractivity contribution >= 4 is 5.97 Å². The maximum Gasteiger partial charge on any atom is 0.303 e. The Morgan fingerprint density at radius 1 is 1.33 bits per heavy atom. The number of benzene rings is 1. The van der Waals surface area contributed by atoms with Crippen LogP contribution in [0.2, 0.25) is 0 Å². The van der Waals surface area contributed by atoms with E-state index in [4.69, 9.17) is 10.2 Å². The molecule has 0 spiro atoms. The Labute approximate surface area is 90.4 Å². The Kier molecular flexibility index (Phi) is 6.18. The Hall–Kier alpha value is -1.51. The molecular formula is C12H18O3. The maximum atomic E-state index is 10.3. The average Bonchev–Trinajstić information content (AvgIpc) is 2.19. The zero-order chi connectivity index (χ0) is 11.8. The number of rotatable bonds is 3. The van der Waals surface area contributed by atoms with Gasteiger partial charge in [-0.15, -0.1) is 0 Å². The summed E-state index contributed by atoms with van der Waals surface area (Å²) in [5, 5.41) is 17.6. The van der Waals surface area contributed by atoms with Crippen molar-refractivity contribution in [1.82, 2.24) is 0 Å². The van der Waals surface area contributed by atoms with E-state index in [-0.39, 0.29) is 12.2 Å². The number of carboxylic acids is 1. The van der Waals surface area contributed by atoms with Gasteiger partial charge in [0, 0.05) is 6.42 Å². The minimum atomic E-state index is -0.799. The zero-order valence-corrected chi connectivity index (χ0v) is 9.45. The van der Waals surface area contributed by atoms with Crippen LogP contribution in [0.15, 0.2) is 18.2 Å². The molecule has 0 saturated carbocycles. The van der Waals surface area contributed by atoms with Crippen molar-refractivity contribution in [3.05, 3.63) is 29.3 Å². The molecule has 3 nitrogen and oxygen atoms in total. The minimum Gasteiger partial charge on any atom is -0.508 e. The van der Waals surface area contributed by atoms with E-state index < -0.39 is 5.97 Å². The molecule has 0 aromatic heterocycles. The number of hydrogen-bond donors (Lipinski definition) is 2. The molecule has 0 atom stereocenters. The predicted octanol–water partition coefficient (Wildman–Crippen LogP) is 2.74. The molecule has 0 saturated heterocycles. The highest BCUT2D eigenvalue weighted by Gasteiger charge is 2.02. The fourth-order valence-corrected chi connectivity index (χ4v) is 1.20. The summed E-state index contributed by atoms with van der Waals surface area (Å²) < 4.78 is 0. The van der Waals surface area contributed by atoms with Gasteiger partial charge in [0.2, 0.25) is 0 Å². The lowest BCUT2D eigenvalue weighted by molar-refractivity contribution is -0.136. The van der Waals surface area contributed by atoms with Gasteiger partial charge >= 0.3 is 5.97 Å². The molecule has 1 aromatic rings. The van der Waals surface area contributed by atoms with Crippen molar-refractivity contribution in [2.75, 3.05) is 0 Å². The summed E-state index contributed by atoms with van der Waals surface area (Å²) >= 11 is 0. The van der Waals surface area contributed by atoms with E-state index >= 15 is 0 Å². The first-order chi connectivity index (χ1) is 7.09. The third kappa shape index (κ3) is 5.05. The lowest BCUT2D eigenvalue weighted by Crippen LogP contribution is -1.98. The van der Waals surface area contributed by atoms with E-state index in [0.717, 1.165) is 11.1 Å². The van der Waals surface area contributed by atoms with Gasteiger partial charge in [0.25, 0.3) is 0 Å². The van der Waals surface area contributed by atoms with Gasteiger partial charge in [-0.05, 0) is 36.6 Å². The Morgan fingerprint density at radius 3 is 2.40 bits per heavy atom. The second kappa shape index (κ2) is 6.87. The zero-order valence-electron chi connectivity index (χ0n) is 9.45. The number of phenols is 1. The van der Waals surface area contributed by atoms with Crippen molar-refractivity contribution in [3.63, 3.8) is 0 Å². The molecule has 15 heavy (non-hydrogen) atoms. The van der Waals surface area contributed by atoms with Gasteiger partial charge in [-0.3, -0.25) is 4.79 Å². The second-order valence-corrected chi connectivity index (χ2v) is 3.00. The Balaban J connectivity index is 0.000000921. The lowest BCUT2D eigenvalue weighted by atomic mass is 10.0. The predicted molar refractivity (Wildman–Crippen MR) is 60.1 cm³/mol. The van der Waals surface area contributed by atoms with Crippen LogP contribution in [0.25, 0.3) is 0 Å². The van der Waals surface area contributed by atoms with Gasteiger partial charge in [-0.1, -0.05) is 19.9 Å². The molecule has 84 valence electrons. The van der Waals surface area contributed by atoms with E-state index in [9.17, 15) is 4.79 Å². The van der Waals surface area contributed by atoms with E-state index in [1.807, 2.05) is 20.8 Å². The van der Waals surface area contributed by atoms with Crippen LogP contribution in [0, 0.1) is 6.92 Å². The summed E-state index contributed by atoms with van der Waals surface area (Å²) in [6, 6.07) is 4.97. The number of carbonyl (C=O) groups is 1. The average molecular weight is 210 g/mol. The summed E-state index contributed by atoms with van der Waals surface area (Å²) in [6.45, 7) is 5.86. The number of aromatic hydroxyl groups is 1. The van der Waals surface area contributed by atoms with E-state index in [1.54, 1.807) is 18.2 Å². The highest BCUT2D eigenvalue weighted by molar-refractivity contribution is 5.67. The third-order valence-corrected chi connectivity index (χ3v) is 1.93. The normalized spacial score (nSPS) is 9.00. The molecule has 1 rings (SSSR count). The molecule has 3 heteroatoms. The quantitative estimate of drug-likeness (QED) is 0.806. The molecule has 0 amide bonds. The van der Waals surface area contributed by atoms with Gasteiger partial charge in [0.15, 0.2) is 0 Å². The molecule has 2 N–H and O–H groups in total. The van der Waals surface area contributed by atoms with E-state index in [1.165, 1.54) is 0 Å². The maximum absolute atomic E-state index is 10.3. The van der Waals surface area contributed by atoms with Crippen molar-refractivity contribution in [2.45, 2.75) is 33.6 Å². The van der Waals surface area contributed by atoms with Crippen LogP contribution >= 0.6 is 0 Å². The first kappa shape index (κ1) is 13.5. The molecule has 0 fully saturated rings. The van der Waals surface area contributed by atoms with Crippen LogP contribution < -0.4 is 0 Å². The van der Waals surface area contributed by atoms with Crippen LogP contribution in [0.3, 0.4) is 0 Å². The van der Waals surface area contributed by atoms with Crippen LogP contribution in [0.5, 0.6) is 5.75 Å². The Morgan fingerprint density at radius 2 is 1.93 bits per heavy atom. The summed E-state index contributed by atoms with van der Waals surface area (Å²) in [4.78, 5) is 10.3. The number of hydrogen-bond acceptors (Lipinski definition) is 2. The number of carboxylic acid groups (broad SMARTS) is 1. The first-order valence-corrected chi connectivity index (χ1v) is 5.10. The van der Waals surface area contributed by atoms with Gasteiger partial charge in [-0.25, -0.2) is 0 Å². The summed E-state index contributed by atoms with van der Waals surface area (Å²) in [5.41, 5.74) is 1.90. The Bertz CT molecular complexity index is 319. The van der Waals surface area contributed by atoms with Gasteiger partial charge in [0.1, 0.15) is 5.75 Å². The molecular weight excluding hydrogens is 192 g/mol. The molecule has 0 bridgehead atoms. The van der Waals surface area contributed by atoms with Gasteiger partial charge in [-0.2, -0.15) is 0 Å². The molecule has 0 radical (unpaired) electrons. The smallest absolute Gasteiger partial charge is 0.303 e. The molecule has 1 aromatic carbocycles. The van der Waals surface area contributed by atoms with Crippen molar-refractivity contribution in [3.8, 4) is 5.75 Å². The highest BCUT2D eigenvalue weighted by Crippen LogP contribution is 2.16. The first-order valence-electron chi connectivity index (χ1n) is 5.10. The topological polar surface area (TPSA) is 57.5 Å². The summed E-state index contributed by atoms with van der Waals surface area (Å²) in [7, 11) is 0. The molecule has 0 aliphatic rings. The number of phenolic OH excluding ortho intramolecular Hbond substituents is 1. The summed E-state index contributed by atoms with van der Waals surface area (Å²) in [5.74, 6) is -0.580. The number of aliphatic carboxylic acids is 1. The van der Waals surface area contributed by atoms with E-state index in [2.05, 4.69) is 0 Å². The van der Waals surface area contributed by atoms with Crippen LogP contribution in [-0.4, -0.2) is 16.2 Å². The lowest BCUT2D eigenvalue weighted by Gasteiger charge is -2.03. The van der Waals surface area contributed by atoms with Gasteiger partial charge in [0.05, 0.1) is 0 Å². The highest BCUT2D eigenvalue weighted by atomic mass is 16.4. The largest absolute Gasteiger partial charge is 0.508 e. The monoisotopic (exact) mass is 210 g/mol. The standard InChI is InChI=1S/C10H12O3.C2H6/c1-7-6-9(11)4-2-8(7)3-5-10(12)13;1-2/h2,4,6,11H,3,5H2,1H3,(H,12,13);1-2H3. The molecule has 0 heterocycles. The van der Waals surface area contributed by atoms with Crippen molar-refractivity contribution < 1.29 is 15.0 Å². The third-order valence-electron chi connectivity index (χ3n) is 1.93. The summed E-state index contributed by atoms with van der Waals surface area (Å²) in [6.07, 6.45) is 0.646. The van der Waals surface area contributed by atoms with Crippen LogP contribution in [-0.2, 0) is 11.2 Å². The fraction of sp³-hybridized carbons (Fsp3) is 0.417. The van der Waals surface area contributed by atoms with E-state index in [0.29, 0.717) is 6.42 Å². The molecule has 0 aliphatic heterocycles. The molecule has 0 aliphatic carbocycles. The van der Waals surface area contributed by atoms with Crippen LogP contribution in [0.4, 0.5) is 0 Å². The van der Waals surface area contributed by atoms with Crippen LogP contribution in [0.1, 0.15) is 31.4 Å². The SMILES string of the molecule is CC.Cc1cc(O)ccc1CCC(=O)O. The van der Waals surface area contributed by atoms with Crippen molar-refractivity contribution in [1.29, 1.82) is 0 Å². The van der Waals surface area contributed by atoms with Gasteiger partial charge < -0.3 is 10.2 Å².